The SMILES string of the molecule is C[C@@H]1C=CC(Br)=N[C@@H]1C. The van der Waals surface area contributed by atoms with Crippen LogP contribution in [0.4, 0.5) is 0 Å². The van der Waals surface area contributed by atoms with Gasteiger partial charge in [-0.05, 0) is 34.8 Å². The number of rotatable bonds is 0. The Morgan fingerprint density at radius 1 is 1.56 bits per heavy atom. The molecule has 0 aromatic carbocycles. The van der Waals surface area contributed by atoms with E-state index in [4.69, 9.17) is 0 Å². The molecule has 0 saturated heterocycles. The molecule has 0 N–H and O–H groups in total. The molecule has 1 heterocycles. The first-order valence-corrected chi connectivity index (χ1v) is 3.91. The monoisotopic (exact) mass is 187 g/mol. The van der Waals surface area contributed by atoms with Gasteiger partial charge in [-0.1, -0.05) is 13.0 Å². The highest BCUT2D eigenvalue weighted by atomic mass is 79.9. The number of halogens is 1. The Hall–Kier alpha value is -0.110. The van der Waals surface area contributed by atoms with E-state index < -0.39 is 0 Å². The summed E-state index contributed by atoms with van der Waals surface area (Å²) in [5, 5.41) is 0. The van der Waals surface area contributed by atoms with Crippen LogP contribution in [0, 0.1) is 5.92 Å². The van der Waals surface area contributed by atoms with Crippen molar-refractivity contribution in [2.24, 2.45) is 10.9 Å². The number of dihydropyridines is 1. The molecule has 0 saturated carbocycles. The summed E-state index contributed by atoms with van der Waals surface area (Å²) in [4.78, 5) is 4.31. The Balaban J connectivity index is 2.70. The minimum Gasteiger partial charge on any atom is -0.274 e. The van der Waals surface area contributed by atoms with Crippen molar-refractivity contribution >= 4 is 20.6 Å². The molecule has 1 rings (SSSR count). The molecular weight excluding hydrogens is 178 g/mol. The topological polar surface area (TPSA) is 12.4 Å². The summed E-state index contributed by atoms with van der Waals surface area (Å²) < 4.78 is 0.966. The fraction of sp³-hybridized carbons (Fsp3) is 0.571. The highest BCUT2D eigenvalue weighted by Gasteiger charge is 2.10. The van der Waals surface area contributed by atoms with Crippen molar-refractivity contribution in [3.05, 3.63) is 12.2 Å². The first-order chi connectivity index (χ1) is 4.20. The van der Waals surface area contributed by atoms with Gasteiger partial charge in [0.05, 0.1) is 6.04 Å². The fourth-order valence-corrected chi connectivity index (χ4v) is 1.22. The van der Waals surface area contributed by atoms with Crippen LogP contribution < -0.4 is 0 Å². The fourth-order valence-electron chi connectivity index (χ4n) is 0.747. The predicted molar refractivity (Wildman–Crippen MR) is 44.1 cm³/mol. The van der Waals surface area contributed by atoms with Crippen LogP contribution in [-0.4, -0.2) is 10.7 Å². The number of nitrogens with zero attached hydrogens (tertiary/aromatic N) is 1. The summed E-state index contributed by atoms with van der Waals surface area (Å²) in [7, 11) is 0. The molecule has 2 heteroatoms. The second-order valence-corrected chi connectivity index (χ2v) is 3.22. The maximum Gasteiger partial charge on any atom is 0.100 e. The summed E-state index contributed by atoms with van der Waals surface area (Å²) in [5.74, 6) is 0.589. The largest absolute Gasteiger partial charge is 0.274 e. The van der Waals surface area contributed by atoms with Gasteiger partial charge >= 0.3 is 0 Å². The van der Waals surface area contributed by atoms with E-state index in [1.54, 1.807) is 0 Å². The Morgan fingerprint density at radius 3 is 2.67 bits per heavy atom. The van der Waals surface area contributed by atoms with Crippen molar-refractivity contribution in [3.8, 4) is 0 Å². The zero-order valence-corrected chi connectivity index (χ0v) is 7.22. The molecule has 1 aliphatic rings. The lowest BCUT2D eigenvalue weighted by Crippen LogP contribution is -2.13. The highest BCUT2D eigenvalue weighted by Crippen LogP contribution is 2.15. The molecule has 50 valence electrons. The van der Waals surface area contributed by atoms with E-state index in [1.165, 1.54) is 0 Å². The van der Waals surface area contributed by atoms with Crippen molar-refractivity contribution in [1.82, 2.24) is 0 Å². The van der Waals surface area contributed by atoms with Crippen LogP contribution in [0.25, 0.3) is 0 Å². The van der Waals surface area contributed by atoms with Gasteiger partial charge in [0.1, 0.15) is 4.62 Å². The first-order valence-electron chi connectivity index (χ1n) is 3.11. The van der Waals surface area contributed by atoms with E-state index >= 15 is 0 Å². The van der Waals surface area contributed by atoms with Gasteiger partial charge in [0.15, 0.2) is 0 Å². The number of aliphatic imine (C=N–C) groups is 1. The van der Waals surface area contributed by atoms with Crippen molar-refractivity contribution in [1.29, 1.82) is 0 Å². The van der Waals surface area contributed by atoms with E-state index in [0.29, 0.717) is 12.0 Å². The van der Waals surface area contributed by atoms with Crippen LogP contribution in [-0.2, 0) is 0 Å². The van der Waals surface area contributed by atoms with Crippen LogP contribution in [0.3, 0.4) is 0 Å². The zero-order chi connectivity index (χ0) is 6.85. The van der Waals surface area contributed by atoms with Crippen LogP contribution in [0.15, 0.2) is 17.1 Å². The van der Waals surface area contributed by atoms with E-state index in [-0.39, 0.29) is 0 Å². The molecule has 1 aliphatic heterocycles. The molecule has 0 aromatic heterocycles. The van der Waals surface area contributed by atoms with Crippen LogP contribution >= 0.6 is 15.9 Å². The quantitative estimate of drug-likeness (QED) is 0.553. The molecule has 2 atom stereocenters. The average Bonchev–Trinajstić information content (AvgIpc) is 1.80. The smallest absolute Gasteiger partial charge is 0.100 e. The van der Waals surface area contributed by atoms with Crippen molar-refractivity contribution < 1.29 is 0 Å². The molecule has 0 amide bonds. The molecule has 9 heavy (non-hydrogen) atoms. The van der Waals surface area contributed by atoms with Crippen LogP contribution in [0.2, 0.25) is 0 Å². The second kappa shape index (κ2) is 2.65. The maximum atomic E-state index is 4.31. The van der Waals surface area contributed by atoms with Gasteiger partial charge in [-0.25, -0.2) is 0 Å². The van der Waals surface area contributed by atoms with Gasteiger partial charge in [0, 0.05) is 0 Å². The lowest BCUT2D eigenvalue weighted by atomic mass is 10.0. The minimum atomic E-state index is 0.435. The second-order valence-electron chi connectivity index (χ2n) is 2.41. The lowest BCUT2D eigenvalue weighted by molar-refractivity contribution is 0.581. The number of hydrogen-bond acceptors (Lipinski definition) is 1. The molecule has 0 fully saturated rings. The van der Waals surface area contributed by atoms with Gasteiger partial charge in [-0.3, -0.25) is 4.99 Å². The van der Waals surface area contributed by atoms with Crippen molar-refractivity contribution in [2.45, 2.75) is 19.9 Å². The molecule has 0 aliphatic carbocycles. The summed E-state index contributed by atoms with van der Waals surface area (Å²) in [6.45, 7) is 4.29. The van der Waals surface area contributed by atoms with Gasteiger partial charge in [0.25, 0.3) is 0 Å². The molecule has 0 spiro atoms. The van der Waals surface area contributed by atoms with Crippen LogP contribution in [0.1, 0.15) is 13.8 Å². The third-order valence-electron chi connectivity index (χ3n) is 1.63. The van der Waals surface area contributed by atoms with Crippen molar-refractivity contribution in [3.63, 3.8) is 0 Å². The molecule has 0 radical (unpaired) electrons. The average molecular weight is 188 g/mol. The third-order valence-corrected chi connectivity index (χ3v) is 2.09. The Kier molecular flexibility index (Phi) is 2.06. The third kappa shape index (κ3) is 1.65. The summed E-state index contributed by atoms with van der Waals surface area (Å²) >= 11 is 3.32. The lowest BCUT2D eigenvalue weighted by Gasteiger charge is -2.15. The summed E-state index contributed by atoms with van der Waals surface area (Å²) in [5.41, 5.74) is 0. The number of hydrogen-bond donors (Lipinski definition) is 0. The van der Waals surface area contributed by atoms with Crippen LogP contribution in [0.5, 0.6) is 0 Å². The van der Waals surface area contributed by atoms with E-state index in [9.17, 15) is 0 Å². The molecule has 1 nitrogen and oxygen atoms in total. The number of allylic oxidation sites excluding steroid dienone is 1. The molecule has 0 bridgehead atoms. The summed E-state index contributed by atoms with van der Waals surface area (Å²) in [6, 6.07) is 0.435. The minimum absolute atomic E-state index is 0.435. The normalized spacial score (nSPS) is 34.3. The zero-order valence-electron chi connectivity index (χ0n) is 5.63. The molecule has 0 aromatic rings. The Bertz CT molecular complexity index is 160. The highest BCUT2D eigenvalue weighted by molar-refractivity contribution is 9.18. The van der Waals surface area contributed by atoms with E-state index in [2.05, 4.69) is 40.8 Å². The van der Waals surface area contributed by atoms with Gasteiger partial charge in [-0.2, -0.15) is 0 Å². The van der Waals surface area contributed by atoms with E-state index in [0.717, 1.165) is 4.62 Å². The molecule has 0 unspecified atom stereocenters. The standard InChI is InChI=1S/C7H10BrN/c1-5-3-4-7(8)9-6(5)2/h3-6H,1-2H3/t5-,6-/m1/s1. The van der Waals surface area contributed by atoms with Gasteiger partial charge < -0.3 is 0 Å². The maximum absolute atomic E-state index is 4.31. The molecular formula is C7H10BrN. The van der Waals surface area contributed by atoms with Gasteiger partial charge in [0.2, 0.25) is 0 Å². The van der Waals surface area contributed by atoms with Gasteiger partial charge in [-0.15, -0.1) is 0 Å². The Labute approximate surface area is 64.0 Å². The predicted octanol–water partition coefficient (Wildman–Crippen LogP) is 2.37. The Morgan fingerprint density at radius 2 is 2.22 bits per heavy atom. The van der Waals surface area contributed by atoms with E-state index in [1.807, 2.05) is 6.08 Å². The first kappa shape index (κ1) is 7.00. The summed E-state index contributed by atoms with van der Waals surface area (Å²) in [6.07, 6.45) is 4.17. The van der Waals surface area contributed by atoms with Crippen molar-refractivity contribution in [2.75, 3.05) is 0 Å².